The van der Waals surface area contributed by atoms with E-state index >= 15 is 0 Å². The predicted octanol–water partition coefficient (Wildman–Crippen LogP) is 4.20. The smallest absolute Gasteiger partial charge is 0.251 e. The molecular weight excluding hydrogens is 414 g/mol. The van der Waals surface area contributed by atoms with Crippen LogP contribution in [0.3, 0.4) is 0 Å². The molecule has 1 saturated heterocycles. The highest BCUT2D eigenvalue weighted by atomic mass is 16.5. The highest BCUT2D eigenvalue weighted by molar-refractivity contribution is 5.94. The Morgan fingerprint density at radius 1 is 1.03 bits per heavy atom. The van der Waals surface area contributed by atoms with Crippen LogP contribution >= 0.6 is 0 Å². The van der Waals surface area contributed by atoms with Crippen molar-refractivity contribution < 1.29 is 14.3 Å². The van der Waals surface area contributed by atoms with Crippen molar-refractivity contribution >= 4 is 5.91 Å². The van der Waals surface area contributed by atoms with Gasteiger partial charge in [0.25, 0.3) is 5.91 Å². The van der Waals surface area contributed by atoms with E-state index in [4.69, 9.17) is 9.47 Å². The van der Waals surface area contributed by atoms with Crippen LogP contribution in [0.5, 0.6) is 5.88 Å². The maximum atomic E-state index is 12.8. The van der Waals surface area contributed by atoms with Gasteiger partial charge < -0.3 is 14.8 Å². The van der Waals surface area contributed by atoms with Crippen LogP contribution < -0.4 is 10.1 Å². The first-order valence-corrected chi connectivity index (χ1v) is 11.4. The molecule has 0 bridgehead atoms. The molecule has 172 valence electrons. The predicted molar refractivity (Wildman–Crippen MR) is 128 cm³/mol. The Labute approximate surface area is 195 Å². The van der Waals surface area contributed by atoms with E-state index in [0.717, 1.165) is 30.8 Å². The maximum Gasteiger partial charge on any atom is 0.251 e. The first-order chi connectivity index (χ1) is 16.1. The summed E-state index contributed by atoms with van der Waals surface area (Å²) in [5.41, 5.74) is 3.92. The lowest BCUT2D eigenvalue weighted by Crippen LogP contribution is -2.45. The third kappa shape index (κ3) is 6.63. The Morgan fingerprint density at radius 3 is 2.48 bits per heavy atom. The summed E-state index contributed by atoms with van der Waals surface area (Å²) in [4.78, 5) is 19.5. The Hall–Kier alpha value is -3.22. The number of nitrogens with zero attached hydrogens (tertiary/aromatic N) is 2. The zero-order valence-electron chi connectivity index (χ0n) is 19.2. The molecule has 1 fully saturated rings. The van der Waals surface area contributed by atoms with Gasteiger partial charge >= 0.3 is 0 Å². The maximum absolute atomic E-state index is 12.8. The molecule has 1 aromatic heterocycles. The fourth-order valence-corrected chi connectivity index (χ4v) is 4.18. The van der Waals surface area contributed by atoms with Crippen molar-refractivity contribution in [3.8, 4) is 5.88 Å². The Bertz CT molecular complexity index is 1050. The van der Waals surface area contributed by atoms with Crippen LogP contribution in [0.25, 0.3) is 0 Å². The minimum absolute atomic E-state index is 0.148. The number of ether oxygens (including phenoxy) is 2. The van der Waals surface area contributed by atoms with E-state index in [-0.39, 0.29) is 18.1 Å². The summed E-state index contributed by atoms with van der Waals surface area (Å²) in [6, 6.07) is 21.5. The SMILES string of the molecule is CC1CN(Cc2ccccc2CNC(=O)c2ccnc(OCc3ccccc3)c2)CC(C)O1. The van der Waals surface area contributed by atoms with Crippen LogP contribution in [0.1, 0.15) is 40.9 Å². The first-order valence-electron chi connectivity index (χ1n) is 11.4. The number of nitrogens with one attached hydrogen (secondary N) is 1. The van der Waals surface area contributed by atoms with Crippen molar-refractivity contribution in [3.63, 3.8) is 0 Å². The van der Waals surface area contributed by atoms with Gasteiger partial charge in [-0.3, -0.25) is 9.69 Å². The third-order valence-corrected chi connectivity index (χ3v) is 5.67. The van der Waals surface area contributed by atoms with Gasteiger partial charge in [-0.05, 0) is 36.6 Å². The van der Waals surface area contributed by atoms with E-state index in [9.17, 15) is 4.79 Å². The first kappa shape index (κ1) is 23.0. The van der Waals surface area contributed by atoms with Crippen LogP contribution in [0.2, 0.25) is 0 Å². The number of amides is 1. The number of benzene rings is 2. The second-order valence-corrected chi connectivity index (χ2v) is 8.56. The summed E-state index contributed by atoms with van der Waals surface area (Å²) >= 11 is 0. The molecule has 2 heterocycles. The fraction of sp³-hybridized carbons (Fsp3) is 0.333. The van der Waals surface area contributed by atoms with Crippen LogP contribution in [-0.2, 0) is 24.4 Å². The molecule has 6 heteroatoms. The number of rotatable bonds is 8. The topological polar surface area (TPSA) is 63.7 Å². The second kappa shape index (κ2) is 11.1. The summed E-state index contributed by atoms with van der Waals surface area (Å²) in [6.45, 7) is 7.76. The van der Waals surface area contributed by atoms with Crippen molar-refractivity contribution in [2.75, 3.05) is 13.1 Å². The molecule has 1 N–H and O–H groups in total. The Morgan fingerprint density at radius 2 is 1.73 bits per heavy atom. The third-order valence-electron chi connectivity index (χ3n) is 5.67. The van der Waals surface area contributed by atoms with Gasteiger partial charge in [-0.15, -0.1) is 0 Å². The van der Waals surface area contributed by atoms with Gasteiger partial charge in [0.1, 0.15) is 6.61 Å². The molecule has 0 aliphatic carbocycles. The second-order valence-electron chi connectivity index (χ2n) is 8.56. The lowest BCUT2D eigenvalue weighted by Gasteiger charge is -2.35. The lowest BCUT2D eigenvalue weighted by molar-refractivity contribution is -0.0705. The monoisotopic (exact) mass is 445 g/mol. The standard InChI is InChI=1S/C27H31N3O3/c1-20-16-30(17-21(2)33-20)18-25-11-7-6-10-24(25)15-29-27(31)23-12-13-28-26(14-23)32-19-22-8-4-3-5-9-22/h3-14,20-21H,15-19H2,1-2H3,(H,29,31). The number of aromatic nitrogens is 1. The van der Waals surface area contributed by atoms with Gasteiger partial charge in [0, 0.05) is 44.0 Å². The van der Waals surface area contributed by atoms with Crippen molar-refractivity contribution in [1.82, 2.24) is 15.2 Å². The van der Waals surface area contributed by atoms with Crippen molar-refractivity contribution in [2.45, 2.75) is 45.8 Å². The highest BCUT2D eigenvalue weighted by Crippen LogP contribution is 2.17. The summed E-state index contributed by atoms with van der Waals surface area (Å²) in [6.07, 6.45) is 2.06. The van der Waals surface area contributed by atoms with Gasteiger partial charge in [0.2, 0.25) is 5.88 Å². The highest BCUT2D eigenvalue weighted by Gasteiger charge is 2.22. The number of pyridine rings is 1. The van der Waals surface area contributed by atoms with Gasteiger partial charge in [-0.1, -0.05) is 54.6 Å². The van der Waals surface area contributed by atoms with E-state index in [1.54, 1.807) is 18.3 Å². The van der Waals surface area contributed by atoms with Crippen molar-refractivity contribution in [3.05, 3.63) is 95.2 Å². The molecular formula is C27H31N3O3. The van der Waals surface area contributed by atoms with Gasteiger partial charge in [-0.25, -0.2) is 4.98 Å². The molecule has 0 radical (unpaired) electrons. The molecule has 2 atom stereocenters. The van der Waals surface area contributed by atoms with E-state index in [0.29, 0.717) is 24.6 Å². The molecule has 33 heavy (non-hydrogen) atoms. The number of hydrogen-bond acceptors (Lipinski definition) is 5. The van der Waals surface area contributed by atoms with Crippen LogP contribution in [0.4, 0.5) is 0 Å². The van der Waals surface area contributed by atoms with Crippen molar-refractivity contribution in [1.29, 1.82) is 0 Å². The Balaban J connectivity index is 1.35. The van der Waals surface area contributed by atoms with Crippen molar-refractivity contribution in [2.24, 2.45) is 0 Å². The number of hydrogen-bond donors (Lipinski definition) is 1. The number of morpholine rings is 1. The molecule has 3 aromatic rings. The van der Waals surface area contributed by atoms with Crippen LogP contribution in [0, 0.1) is 0 Å². The minimum atomic E-state index is -0.148. The number of carbonyl (C=O) groups is 1. The Kier molecular flexibility index (Phi) is 7.70. The van der Waals surface area contributed by atoms with Gasteiger partial charge in [0.15, 0.2) is 0 Å². The lowest BCUT2D eigenvalue weighted by atomic mass is 10.1. The van der Waals surface area contributed by atoms with E-state index in [1.807, 2.05) is 42.5 Å². The molecule has 1 amide bonds. The molecule has 4 rings (SSSR count). The summed E-state index contributed by atoms with van der Waals surface area (Å²) in [5, 5.41) is 3.05. The zero-order valence-corrected chi connectivity index (χ0v) is 19.2. The van der Waals surface area contributed by atoms with Gasteiger partial charge in [-0.2, -0.15) is 0 Å². The van der Waals surface area contributed by atoms with Crippen LogP contribution in [-0.4, -0.2) is 41.1 Å². The summed E-state index contributed by atoms with van der Waals surface area (Å²) in [7, 11) is 0. The summed E-state index contributed by atoms with van der Waals surface area (Å²) < 4.78 is 11.6. The largest absolute Gasteiger partial charge is 0.473 e. The number of carbonyl (C=O) groups excluding carboxylic acids is 1. The average Bonchev–Trinajstić information content (AvgIpc) is 2.82. The normalized spacial score (nSPS) is 18.6. The van der Waals surface area contributed by atoms with E-state index in [1.165, 1.54) is 5.56 Å². The van der Waals surface area contributed by atoms with Crippen LogP contribution in [0.15, 0.2) is 72.9 Å². The quantitative estimate of drug-likeness (QED) is 0.563. The fourth-order valence-electron chi connectivity index (χ4n) is 4.18. The molecule has 0 saturated carbocycles. The minimum Gasteiger partial charge on any atom is -0.473 e. The summed E-state index contributed by atoms with van der Waals surface area (Å²) in [5.74, 6) is 0.285. The molecule has 6 nitrogen and oxygen atoms in total. The average molecular weight is 446 g/mol. The molecule has 0 spiro atoms. The molecule has 1 aliphatic rings. The molecule has 2 unspecified atom stereocenters. The molecule has 1 aliphatic heterocycles. The van der Waals surface area contributed by atoms with E-state index < -0.39 is 0 Å². The van der Waals surface area contributed by atoms with Gasteiger partial charge in [0.05, 0.1) is 12.2 Å². The van der Waals surface area contributed by atoms with E-state index in [2.05, 4.69) is 41.2 Å². The molecule has 2 aromatic carbocycles. The zero-order chi connectivity index (χ0) is 23.0.